The number of aromatic nitrogens is 2. The van der Waals surface area contributed by atoms with E-state index in [0.29, 0.717) is 6.04 Å². The van der Waals surface area contributed by atoms with E-state index in [1.165, 1.54) is 10.9 Å². The van der Waals surface area contributed by atoms with Gasteiger partial charge >= 0.3 is 0 Å². The minimum absolute atomic E-state index is 0.406. The van der Waals surface area contributed by atoms with Crippen LogP contribution in [0.2, 0.25) is 0 Å². The van der Waals surface area contributed by atoms with Gasteiger partial charge < -0.3 is 4.74 Å². The third-order valence-electron chi connectivity index (χ3n) is 2.81. The molecule has 0 radical (unpaired) electrons. The Hall–Kier alpha value is -0.870. The van der Waals surface area contributed by atoms with Crippen molar-refractivity contribution in [2.24, 2.45) is 0 Å². The Morgan fingerprint density at radius 3 is 3.20 bits per heavy atom. The van der Waals surface area contributed by atoms with Crippen LogP contribution in [0.25, 0.3) is 10.9 Å². The van der Waals surface area contributed by atoms with E-state index in [0.717, 1.165) is 24.1 Å². The molecule has 2 heterocycles. The average Bonchev–Trinajstić information content (AvgIpc) is 2.82. The molecule has 1 aromatic carbocycles. The molecule has 3 rings (SSSR count). The van der Waals surface area contributed by atoms with E-state index in [-0.39, 0.29) is 0 Å². The molecule has 0 amide bonds. The molecule has 3 nitrogen and oxygen atoms in total. The van der Waals surface area contributed by atoms with Crippen LogP contribution in [0, 0.1) is 0 Å². The fourth-order valence-corrected chi connectivity index (χ4v) is 2.41. The van der Waals surface area contributed by atoms with E-state index in [1.807, 2.05) is 6.20 Å². The summed E-state index contributed by atoms with van der Waals surface area (Å²) in [6.07, 6.45) is 2.98. The van der Waals surface area contributed by atoms with Crippen LogP contribution in [0.15, 0.2) is 28.9 Å². The molecule has 2 aromatic rings. The van der Waals surface area contributed by atoms with Gasteiger partial charge in [-0.3, -0.25) is 4.68 Å². The molecule has 0 saturated carbocycles. The SMILES string of the molecule is Brc1ccc2c(cnn2C2CCOC2)c1. The number of nitrogens with zero attached hydrogens (tertiary/aromatic N) is 2. The molecule has 0 bridgehead atoms. The maximum absolute atomic E-state index is 5.38. The van der Waals surface area contributed by atoms with Gasteiger partial charge in [-0.1, -0.05) is 15.9 Å². The van der Waals surface area contributed by atoms with Gasteiger partial charge in [0.25, 0.3) is 0 Å². The van der Waals surface area contributed by atoms with Gasteiger partial charge in [0.05, 0.1) is 24.4 Å². The van der Waals surface area contributed by atoms with E-state index in [1.54, 1.807) is 0 Å². The molecule has 0 aliphatic carbocycles. The van der Waals surface area contributed by atoms with Crippen LogP contribution in [-0.2, 0) is 4.74 Å². The molecule has 15 heavy (non-hydrogen) atoms. The molecule has 0 spiro atoms. The van der Waals surface area contributed by atoms with Gasteiger partial charge in [-0.2, -0.15) is 5.10 Å². The van der Waals surface area contributed by atoms with Crippen LogP contribution < -0.4 is 0 Å². The molecule has 1 atom stereocenters. The Morgan fingerprint density at radius 1 is 1.47 bits per heavy atom. The Morgan fingerprint density at radius 2 is 2.40 bits per heavy atom. The summed E-state index contributed by atoms with van der Waals surface area (Å²) in [5.74, 6) is 0. The van der Waals surface area contributed by atoms with Crippen LogP contribution in [0.3, 0.4) is 0 Å². The third kappa shape index (κ3) is 1.58. The van der Waals surface area contributed by atoms with Crippen molar-refractivity contribution in [1.82, 2.24) is 9.78 Å². The monoisotopic (exact) mass is 266 g/mol. The molecular weight excluding hydrogens is 256 g/mol. The van der Waals surface area contributed by atoms with E-state index >= 15 is 0 Å². The van der Waals surface area contributed by atoms with Gasteiger partial charge in [0, 0.05) is 16.5 Å². The number of rotatable bonds is 1. The van der Waals surface area contributed by atoms with Gasteiger partial charge in [-0.05, 0) is 24.6 Å². The van der Waals surface area contributed by atoms with Crippen LogP contribution in [0.4, 0.5) is 0 Å². The predicted octanol–water partition coefficient (Wildman–Crippen LogP) is 2.76. The first-order valence-electron chi connectivity index (χ1n) is 5.05. The molecule has 1 aromatic heterocycles. The third-order valence-corrected chi connectivity index (χ3v) is 3.30. The summed E-state index contributed by atoms with van der Waals surface area (Å²) in [4.78, 5) is 0. The Labute approximate surface area is 96.2 Å². The second-order valence-electron chi connectivity index (χ2n) is 3.81. The fraction of sp³-hybridized carbons (Fsp3) is 0.364. The maximum atomic E-state index is 5.38. The molecule has 1 fully saturated rings. The van der Waals surface area contributed by atoms with Crippen molar-refractivity contribution in [3.8, 4) is 0 Å². The van der Waals surface area contributed by atoms with E-state index in [2.05, 4.69) is 43.9 Å². The minimum Gasteiger partial charge on any atom is -0.379 e. The molecule has 78 valence electrons. The van der Waals surface area contributed by atoms with Gasteiger partial charge in [-0.25, -0.2) is 0 Å². The Balaban J connectivity index is 2.11. The van der Waals surface area contributed by atoms with Crippen LogP contribution in [-0.4, -0.2) is 23.0 Å². The summed E-state index contributed by atoms with van der Waals surface area (Å²) in [5, 5.41) is 5.61. The second kappa shape index (κ2) is 3.61. The number of halogens is 1. The summed E-state index contributed by atoms with van der Waals surface area (Å²) in [5.41, 5.74) is 1.19. The first-order chi connectivity index (χ1) is 7.34. The van der Waals surface area contributed by atoms with Gasteiger partial charge in [0.2, 0.25) is 0 Å². The summed E-state index contributed by atoms with van der Waals surface area (Å²) >= 11 is 3.46. The second-order valence-corrected chi connectivity index (χ2v) is 4.73. The highest BCUT2D eigenvalue weighted by Gasteiger charge is 2.19. The number of hydrogen-bond acceptors (Lipinski definition) is 2. The summed E-state index contributed by atoms with van der Waals surface area (Å²) < 4.78 is 8.56. The average molecular weight is 267 g/mol. The zero-order chi connectivity index (χ0) is 10.3. The van der Waals surface area contributed by atoms with Crippen molar-refractivity contribution < 1.29 is 4.74 Å². The lowest BCUT2D eigenvalue weighted by Crippen LogP contribution is -2.09. The van der Waals surface area contributed by atoms with Crippen molar-refractivity contribution >= 4 is 26.8 Å². The van der Waals surface area contributed by atoms with E-state index < -0.39 is 0 Å². The standard InChI is InChI=1S/C11H11BrN2O/c12-9-1-2-11-8(5-9)6-13-14(11)10-3-4-15-7-10/h1-2,5-6,10H,3-4,7H2. The highest BCUT2D eigenvalue weighted by molar-refractivity contribution is 9.10. The topological polar surface area (TPSA) is 27.1 Å². The largest absolute Gasteiger partial charge is 0.379 e. The van der Waals surface area contributed by atoms with Crippen molar-refractivity contribution in [2.45, 2.75) is 12.5 Å². The van der Waals surface area contributed by atoms with Crippen LogP contribution in [0.1, 0.15) is 12.5 Å². The lowest BCUT2D eigenvalue weighted by Gasteiger charge is -2.09. The molecule has 1 aliphatic heterocycles. The molecule has 1 aliphatic rings. The fourth-order valence-electron chi connectivity index (χ4n) is 2.03. The van der Waals surface area contributed by atoms with Crippen molar-refractivity contribution in [3.05, 3.63) is 28.9 Å². The number of ether oxygens (including phenoxy) is 1. The Kier molecular flexibility index (Phi) is 2.25. The first-order valence-corrected chi connectivity index (χ1v) is 5.84. The highest BCUT2D eigenvalue weighted by atomic mass is 79.9. The highest BCUT2D eigenvalue weighted by Crippen LogP contribution is 2.25. The lowest BCUT2D eigenvalue weighted by atomic mass is 10.2. The number of fused-ring (bicyclic) bond motifs is 1. The molecule has 0 N–H and O–H groups in total. The van der Waals surface area contributed by atoms with E-state index in [4.69, 9.17) is 4.74 Å². The zero-order valence-electron chi connectivity index (χ0n) is 8.19. The van der Waals surface area contributed by atoms with Crippen molar-refractivity contribution in [3.63, 3.8) is 0 Å². The van der Waals surface area contributed by atoms with Gasteiger partial charge in [-0.15, -0.1) is 0 Å². The quantitative estimate of drug-likeness (QED) is 0.794. The summed E-state index contributed by atoms with van der Waals surface area (Å²) in [7, 11) is 0. The van der Waals surface area contributed by atoms with E-state index in [9.17, 15) is 0 Å². The van der Waals surface area contributed by atoms with Crippen LogP contribution in [0.5, 0.6) is 0 Å². The smallest absolute Gasteiger partial charge is 0.0781 e. The first kappa shape index (κ1) is 9.36. The van der Waals surface area contributed by atoms with Gasteiger partial charge in [0.15, 0.2) is 0 Å². The number of benzene rings is 1. The minimum atomic E-state index is 0.406. The zero-order valence-corrected chi connectivity index (χ0v) is 9.77. The predicted molar refractivity (Wildman–Crippen MR) is 61.9 cm³/mol. The summed E-state index contributed by atoms with van der Waals surface area (Å²) in [6, 6.07) is 6.65. The molecule has 1 saturated heterocycles. The molecule has 1 unspecified atom stereocenters. The Bertz CT molecular complexity index is 488. The maximum Gasteiger partial charge on any atom is 0.0781 e. The lowest BCUT2D eigenvalue weighted by molar-refractivity contribution is 0.185. The summed E-state index contributed by atoms with van der Waals surface area (Å²) in [6.45, 7) is 1.63. The number of hydrogen-bond donors (Lipinski definition) is 0. The van der Waals surface area contributed by atoms with Gasteiger partial charge in [0.1, 0.15) is 0 Å². The molecular formula is C11H11BrN2O. The van der Waals surface area contributed by atoms with Crippen LogP contribution >= 0.6 is 15.9 Å². The normalized spacial score (nSPS) is 21.3. The van der Waals surface area contributed by atoms with Crippen molar-refractivity contribution in [1.29, 1.82) is 0 Å². The molecule has 4 heteroatoms. The van der Waals surface area contributed by atoms with Crippen molar-refractivity contribution in [2.75, 3.05) is 13.2 Å².